The number of rotatable bonds is 1. The summed E-state index contributed by atoms with van der Waals surface area (Å²) in [6.45, 7) is 0. The van der Waals surface area contributed by atoms with E-state index in [9.17, 15) is 0 Å². The van der Waals surface area contributed by atoms with Gasteiger partial charge in [0.25, 0.3) is 0 Å². The van der Waals surface area contributed by atoms with Crippen molar-refractivity contribution in [1.29, 1.82) is 0 Å². The smallest absolute Gasteiger partial charge is 0.159 e. The van der Waals surface area contributed by atoms with E-state index in [-0.39, 0.29) is 0 Å². The van der Waals surface area contributed by atoms with E-state index in [1.54, 1.807) is 12.3 Å². The fourth-order valence-corrected chi connectivity index (χ4v) is 1.61. The van der Waals surface area contributed by atoms with Crippen molar-refractivity contribution in [3.63, 3.8) is 0 Å². The highest BCUT2D eigenvalue weighted by atomic mass is 14.9. The van der Waals surface area contributed by atoms with Crippen LogP contribution in [0.2, 0.25) is 0 Å². The zero-order chi connectivity index (χ0) is 11.7. The number of pyridine rings is 2. The zero-order valence-corrected chi connectivity index (χ0v) is 8.91. The van der Waals surface area contributed by atoms with Gasteiger partial charge in [-0.3, -0.25) is 0 Å². The van der Waals surface area contributed by atoms with Gasteiger partial charge in [-0.15, -0.1) is 0 Å². The molecule has 5 nitrogen and oxygen atoms in total. The molecule has 0 aromatic carbocycles. The normalized spacial score (nSPS) is 10.6. The number of hydrogen-bond acceptors (Lipinski definition) is 5. The second-order valence-corrected chi connectivity index (χ2v) is 3.57. The number of anilines is 1. The van der Waals surface area contributed by atoms with Crippen LogP contribution < -0.4 is 5.73 Å². The predicted octanol–water partition coefficient (Wildman–Crippen LogP) is 1.67. The molecule has 0 spiro atoms. The first-order chi connectivity index (χ1) is 8.33. The van der Waals surface area contributed by atoms with Crippen molar-refractivity contribution in [2.45, 2.75) is 0 Å². The third-order valence-corrected chi connectivity index (χ3v) is 2.41. The minimum absolute atomic E-state index is 0.429. The average Bonchev–Trinajstić information content (AvgIpc) is 2.38. The molecule has 0 aliphatic rings. The molecule has 0 saturated carbocycles. The highest BCUT2D eigenvalue weighted by molar-refractivity contribution is 5.77. The molecule has 3 aromatic rings. The zero-order valence-electron chi connectivity index (χ0n) is 8.91. The monoisotopic (exact) mass is 223 g/mol. The van der Waals surface area contributed by atoms with Gasteiger partial charge in [0, 0.05) is 17.6 Å². The van der Waals surface area contributed by atoms with Crippen LogP contribution >= 0.6 is 0 Å². The van der Waals surface area contributed by atoms with Crippen molar-refractivity contribution in [1.82, 2.24) is 19.9 Å². The molecule has 0 amide bonds. The molecule has 0 unspecified atom stereocenters. The Balaban J connectivity index is 2.18. The maximum absolute atomic E-state index is 5.61. The molecule has 0 saturated heterocycles. The summed E-state index contributed by atoms with van der Waals surface area (Å²) in [7, 11) is 0. The van der Waals surface area contributed by atoms with Gasteiger partial charge in [0.1, 0.15) is 12.1 Å². The summed E-state index contributed by atoms with van der Waals surface area (Å²) in [6, 6.07) is 9.39. The minimum Gasteiger partial charge on any atom is -0.384 e. The third kappa shape index (κ3) is 1.78. The Hall–Kier alpha value is -2.56. The summed E-state index contributed by atoms with van der Waals surface area (Å²) in [4.78, 5) is 16.6. The number of aromatic nitrogens is 4. The molecule has 3 aromatic heterocycles. The van der Waals surface area contributed by atoms with Crippen LogP contribution in [0, 0.1) is 0 Å². The number of hydrogen-bond donors (Lipinski definition) is 1. The largest absolute Gasteiger partial charge is 0.384 e. The summed E-state index contributed by atoms with van der Waals surface area (Å²) in [5, 5.41) is 0.998. The Bertz CT molecular complexity index is 680. The fraction of sp³-hybridized carbons (Fsp3) is 0. The predicted molar refractivity (Wildman–Crippen MR) is 65.0 cm³/mol. The highest BCUT2D eigenvalue weighted by Crippen LogP contribution is 2.18. The van der Waals surface area contributed by atoms with Crippen LogP contribution in [0.25, 0.3) is 22.4 Å². The molecule has 82 valence electrons. The van der Waals surface area contributed by atoms with E-state index in [1.807, 2.05) is 24.3 Å². The van der Waals surface area contributed by atoms with Crippen molar-refractivity contribution < 1.29 is 0 Å². The van der Waals surface area contributed by atoms with Gasteiger partial charge < -0.3 is 5.73 Å². The molecule has 0 aliphatic heterocycles. The minimum atomic E-state index is 0.429. The van der Waals surface area contributed by atoms with Crippen molar-refractivity contribution >= 4 is 16.9 Å². The van der Waals surface area contributed by atoms with Gasteiger partial charge in [0.15, 0.2) is 5.65 Å². The Kier molecular flexibility index (Phi) is 2.15. The van der Waals surface area contributed by atoms with Crippen LogP contribution in [0.3, 0.4) is 0 Å². The maximum atomic E-state index is 5.61. The fourth-order valence-electron chi connectivity index (χ4n) is 1.61. The number of nitrogens with zero attached hydrogens (tertiary/aromatic N) is 4. The topological polar surface area (TPSA) is 77.6 Å². The Labute approximate surface area is 97.4 Å². The Morgan fingerprint density at radius 1 is 0.941 bits per heavy atom. The van der Waals surface area contributed by atoms with E-state index in [4.69, 9.17) is 5.73 Å². The van der Waals surface area contributed by atoms with E-state index in [0.717, 1.165) is 11.1 Å². The molecule has 0 aliphatic carbocycles. The molecule has 0 fully saturated rings. The summed E-state index contributed by atoms with van der Waals surface area (Å²) in [5.41, 5.74) is 7.75. The van der Waals surface area contributed by atoms with E-state index < -0.39 is 0 Å². The highest BCUT2D eigenvalue weighted by Gasteiger charge is 2.03. The van der Waals surface area contributed by atoms with Crippen molar-refractivity contribution in [3.05, 3.63) is 42.9 Å². The van der Waals surface area contributed by atoms with Gasteiger partial charge in [-0.1, -0.05) is 0 Å². The molecule has 0 radical (unpaired) electrons. The van der Waals surface area contributed by atoms with E-state index in [0.29, 0.717) is 17.2 Å². The SMILES string of the molecule is Nc1cc(-c2ccc3cccnc3n2)ncn1. The van der Waals surface area contributed by atoms with Gasteiger partial charge in [-0.05, 0) is 24.3 Å². The average molecular weight is 223 g/mol. The van der Waals surface area contributed by atoms with Crippen molar-refractivity contribution in [2.75, 3.05) is 5.73 Å². The summed E-state index contributed by atoms with van der Waals surface area (Å²) in [6.07, 6.45) is 3.14. The van der Waals surface area contributed by atoms with E-state index in [2.05, 4.69) is 19.9 Å². The molecule has 17 heavy (non-hydrogen) atoms. The standard InChI is InChI=1S/C12H9N5/c13-11-6-10(15-7-16-11)9-4-3-8-2-1-5-14-12(8)17-9/h1-7H,(H2,13,15,16). The number of nitrogen functional groups attached to an aromatic ring is 1. The Morgan fingerprint density at radius 2 is 1.88 bits per heavy atom. The summed E-state index contributed by atoms with van der Waals surface area (Å²) >= 11 is 0. The molecule has 5 heteroatoms. The van der Waals surface area contributed by atoms with Gasteiger partial charge in [0.2, 0.25) is 0 Å². The molecule has 0 bridgehead atoms. The lowest BCUT2D eigenvalue weighted by Gasteiger charge is -2.01. The van der Waals surface area contributed by atoms with Crippen LogP contribution in [0.1, 0.15) is 0 Å². The second kappa shape index (κ2) is 3.79. The quantitative estimate of drug-likeness (QED) is 0.679. The second-order valence-electron chi connectivity index (χ2n) is 3.57. The molecule has 0 atom stereocenters. The first kappa shape index (κ1) is 9.65. The Morgan fingerprint density at radius 3 is 2.76 bits per heavy atom. The van der Waals surface area contributed by atoms with Crippen LogP contribution in [-0.4, -0.2) is 19.9 Å². The summed E-state index contributed by atoms with van der Waals surface area (Å²) in [5.74, 6) is 0.429. The lowest BCUT2D eigenvalue weighted by Crippen LogP contribution is -1.94. The molecule has 3 heterocycles. The van der Waals surface area contributed by atoms with Crippen LogP contribution in [0.5, 0.6) is 0 Å². The first-order valence-corrected chi connectivity index (χ1v) is 5.12. The van der Waals surface area contributed by atoms with Crippen LogP contribution in [0.4, 0.5) is 5.82 Å². The molecule has 2 N–H and O–H groups in total. The molecule has 3 rings (SSSR count). The number of fused-ring (bicyclic) bond motifs is 1. The number of nitrogens with two attached hydrogens (primary N) is 1. The van der Waals surface area contributed by atoms with Crippen LogP contribution in [-0.2, 0) is 0 Å². The maximum Gasteiger partial charge on any atom is 0.159 e. The van der Waals surface area contributed by atoms with Gasteiger partial charge in [0.05, 0.1) is 11.4 Å². The lowest BCUT2D eigenvalue weighted by atomic mass is 10.2. The first-order valence-electron chi connectivity index (χ1n) is 5.12. The third-order valence-electron chi connectivity index (χ3n) is 2.41. The molecular weight excluding hydrogens is 214 g/mol. The van der Waals surface area contributed by atoms with Crippen molar-refractivity contribution in [2.24, 2.45) is 0 Å². The van der Waals surface area contributed by atoms with E-state index >= 15 is 0 Å². The van der Waals surface area contributed by atoms with Gasteiger partial charge in [-0.2, -0.15) is 0 Å². The van der Waals surface area contributed by atoms with Gasteiger partial charge in [-0.25, -0.2) is 19.9 Å². The summed E-state index contributed by atoms with van der Waals surface area (Å²) < 4.78 is 0. The van der Waals surface area contributed by atoms with Crippen molar-refractivity contribution in [3.8, 4) is 11.4 Å². The lowest BCUT2D eigenvalue weighted by molar-refractivity contribution is 1.16. The van der Waals surface area contributed by atoms with E-state index in [1.165, 1.54) is 6.33 Å². The van der Waals surface area contributed by atoms with Crippen LogP contribution in [0.15, 0.2) is 42.9 Å². The molecular formula is C12H9N5. The van der Waals surface area contributed by atoms with Gasteiger partial charge >= 0.3 is 0 Å².